The zero-order chi connectivity index (χ0) is 61.5. The first-order chi connectivity index (χ1) is 39.4. The molecule has 2 saturated heterocycles. The standard InChI is InChI=1S/C60H78ClF3N5O11PS3/c1-9-67(10-2)39-48-40-78-37-36-69(48)35-32-46(41-82-49-16-12-11-13-17-49)65-53-29-28-50(38-54(53)83(74,75)60(62,63)64)84(76,77)66-56(70)44-22-26-47(27-23-44)68-33-30-43(31-34-68)55(52-19-15-14-18-51(52)42-20-24-45(61)25-21-42)79-59(57(3,4)5,58(6,7)8)80-81(71,72)73/h11-29,38,43,46,48,55,65H,9-10,30-37,39-41H2,1-8H3,(H,66,70)(H2,71,72,73)/t46-,48+,55-/m1/s1. The third kappa shape index (κ3) is 16.5. The molecule has 0 unspecified atom stereocenters. The molecule has 0 bridgehead atoms. The number of sulfonamides is 1. The Bertz CT molecular complexity index is 3270. The first-order valence-electron chi connectivity index (χ1n) is 28.0. The van der Waals surface area contributed by atoms with Crippen LogP contribution in [0.3, 0.4) is 0 Å². The molecule has 0 radical (unpaired) electrons. The number of phosphoric acid groups is 1. The van der Waals surface area contributed by atoms with Crippen LogP contribution in [0.1, 0.15) is 96.7 Å². The third-order valence-corrected chi connectivity index (χ3v) is 20.3. The molecular formula is C60H78ClF3N5O11PS3. The molecular weight excluding hydrogens is 1190 g/mol. The van der Waals surface area contributed by atoms with Crippen LogP contribution in [0.25, 0.3) is 11.1 Å². The van der Waals surface area contributed by atoms with Crippen molar-refractivity contribution in [3.05, 3.63) is 137 Å². The van der Waals surface area contributed by atoms with Gasteiger partial charge in [-0.3, -0.25) is 14.2 Å². The van der Waals surface area contributed by atoms with Gasteiger partial charge in [0.25, 0.3) is 25.8 Å². The number of thioether (sulfide) groups is 1. The summed E-state index contributed by atoms with van der Waals surface area (Å²) in [6.45, 7) is 20.5. The molecule has 3 atom stereocenters. The number of hydrogen-bond acceptors (Lipinski definition) is 14. The van der Waals surface area contributed by atoms with Crippen LogP contribution in [0.5, 0.6) is 0 Å². The first kappa shape index (κ1) is 67.0. The number of piperidine rings is 1. The number of sulfone groups is 1. The van der Waals surface area contributed by atoms with E-state index in [4.69, 9.17) is 25.6 Å². The minimum Gasteiger partial charge on any atom is -0.380 e. The van der Waals surface area contributed by atoms with Crippen LogP contribution < -0.4 is 14.9 Å². The predicted octanol–water partition coefficient (Wildman–Crippen LogP) is 12.3. The number of benzene rings is 5. The molecule has 2 aliphatic heterocycles. The summed E-state index contributed by atoms with van der Waals surface area (Å²) < 4.78 is 132. The molecule has 5 aromatic rings. The Morgan fingerprint density at radius 1 is 0.845 bits per heavy atom. The quantitative estimate of drug-likeness (QED) is 0.0258. The molecule has 84 heavy (non-hydrogen) atoms. The van der Waals surface area contributed by atoms with Gasteiger partial charge in [-0.25, -0.2) is 26.1 Å². The van der Waals surface area contributed by atoms with Gasteiger partial charge in [-0.05, 0) is 122 Å². The van der Waals surface area contributed by atoms with E-state index in [0.29, 0.717) is 81.2 Å². The van der Waals surface area contributed by atoms with E-state index in [0.717, 1.165) is 53.4 Å². The van der Waals surface area contributed by atoms with Crippen molar-refractivity contribution >= 4 is 68.3 Å². The number of halogens is 4. The van der Waals surface area contributed by atoms with Crippen molar-refractivity contribution in [3.8, 4) is 11.1 Å². The van der Waals surface area contributed by atoms with Crippen molar-refractivity contribution in [1.82, 2.24) is 14.5 Å². The van der Waals surface area contributed by atoms with Gasteiger partial charge in [0.1, 0.15) is 4.90 Å². The molecule has 460 valence electrons. The largest absolute Gasteiger partial charge is 0.501 e. The number of anilines is 2. The fourth-order valence-electron chi connectivity index (χ4n) is 11.2. The highest BCUT2D eigenvalue weighted by Gasteiger charge is 2.59. The van der Waals surface area contributed by atoms with Gasteiger partial charge in [-0.15, -0.1) is 11.8 Å². The van der Waals surface area contributed by atoms with Crippen LogP contribution in [-0.4, -0.2) is 130 Å². The number of nitrogens with zero attached hydrogens (tertiary/aromatic N) is 3. The highest BCUT2D eigenvalue weighted by molar-refractivity contribution is 7.99. The number of hydrogen-bond donors (Lipinski definition) is 4. The van der Waals surface area contributed by atoms with E-state index in [1.54, 1.807) is 24.3 Å². The molecule has 0 aromatic heterocycles. The Balaban J connectivity index is 1.10. The number of carbonyl (C=O) groups excluding carboxylic acids is 1. The van der Waals surface area contributed by atoms with Crippen LogP contribution in [0.15, 0.2) is 136 Å². The van der Waals surface area contributed by atoms with Gasteiger partial charge in [-0.2, -0.15) is 13.2 Å². The summed E-state index contributed by atoms with van der Waals surface area (Å²) in [5.41, 5.74) is -5.16. The highest BCUT2D eigenvalue weighted by atomic mass is 35.5. The molecule has 24 heteroatoms. The molecule has 2 heterocycles. The third-order valence-electron chi connectivity index (χ3n) is 15.5. The number of amides is 1. The normalized spacial score (nSPS) is 17.3. The molecule has 2 aliphatic rings. The maximum absolute atomic E-state index is 14.5. The number of carbonyl (C=O) groups is 1. The molecule has 16 nitrogen and oxygen atoms in total. The maximum Gasteiger partial charge on any atom is 0.501 e. The number of rotatable bonds is 24. The van der Waals surface area contributed by atoms with Crippen LogP contribution in [0, 0.1) is 16.7 Å². The average molecular weight is 1260 g/mol. The van der Waals surface area contributed by atoms with Gasteiger partial charge < -0.3 is 34.4 Å². The minimum absolute atomic E-state index is 0.0554. The number of nitrogens with one attached hydrogen (secondary N) is 2. The van der Waals surface area contributed by atoms with Gasteiger partial charge >= 0.3 is 13.3 Å². The van der Waals surface area contributed by atoms with Crippen LogP contribution in [0.2, 0.25) is 5.02 Å². The smallest absolute Gasteiger partial charge is 0.380 e. The van der Waals surface area contributed by atoms with Crippen LogP contribution in [-0.2, 0) is 38.4 Å². The van der Waals surface area contributed by atoms with Crippen molar-refractivity contribution in [2.75, 3.05) is 75.0 Å². The van der Waals surface area contributed by atoms with E-state index >= 15 is 0 Å². The maximum atomic E-state index is 14.5. The highest BCUT2D eigenvalue weighted by Crippen LogP contribution is 2.59. The van der Waals surface area contributed by atoms with Crippen molar-refractivity contribution in [2.24, 2.45) is 16.7 Å². The van der Waals surface area contributed by atoms with Crippen molar-refractivity contribution in [2.45, 2.75) is 119 Å². The topological polar surface area (TPSA) is 204 Å². The second-order valence-electron chi connectivity index (χ2n) is 23.2. The molecule has 0 spiro atoms. The van der Waals surface area contributed by atoms with E-state index in [1.165, 1.54) is 23.9 Å². The van der Waals surface area contributed by atoms with Gasteiger partial charge in [0.15, 0.2) is 5.79 Å². The number of alkyl halides is 3. The van der Waals surface area contributed by atoms with Crippen molar-refractivity contribution in [3.63, 3.8) is 0 Å². The number of ether oxygens (including phenoxy) is 2. The lowest BCUT2D eigenvalue weighted by molar-refractivity contribution is -0.328. The van der Waals surface area contributed by atoms with Gasteiger partial charge in [0, 0.05) is 82.6 Å². The second kappa shape index (κ2) is 27.7. The van der Waals surface area contributed by atoms with E-state index in [1.807, 2.05) is 113 Å². The summed E-state index contributed by atoms with van der Waals surface area (Å²) in [5.74, 6) is -2.84. The monoisotopic (exact) mass is 1260 g/mol. The average Bonchev–Trinajstić information content (AvgIpc) is 1.71. The lowest BCUT2D eigenvalue weighted by Gasteiger charge is -2.54. The summed E-state index contributed by atoms with van der Waals surface area (Å²) in [6, 6.07) is 32.3. The summed E-state index contributed by atoms with van der Waals surface area (Å²) in [7, 11) is -16.3. The van der Waals surface area contributed by atoms with Crippen LogP contribution >= 0.6 is 31.2 Å². The summed E-state index contributed by atoms with van der Waals surface area (Å²) in [4.78, 5) is 39.9. The Hall–Kier alpha value is -4.55. The summed E-state index contributed by atoms with van der Waals surface area (Å²) in [5, 5.41) is 3.60. The van der Waals surface area contributed by atoms with Gasteiger partial charge in [0.2, 0.25) is 0 Å². The van der Waals surface area contributed by atoms with E-state index < -0.39 is 83.3 Å². The molecule has 2 fully saturated rings. The van der Waals surface area contributed by atoms with E-state index in [-0.39, 0.29) is 17.5 Å². The lowest BCUT2D eigenvalue weighted by atomic mass is 9.70. The zero-order valence-electron chi connectivity index (χ0n) is 48.6. The lowest BCUT2D eigenvalue weighted by Crippen LogP contribution is -2.57. The molecule has 0 saturated carbocycles. The predicted molar refractivity (Wildman–Crippen MR) is 324 cm³/mol. The van der Waals surface area contributed by atoms with Gasteiger partial charge in [-0.1, -0.05) is 122 Å². The Morgan fingerprint density at radius 2 is 1.46 bits per heavy atom. The first-order valence-corrected chi connectivity index (χ1v) is 33.9. The molecule has 7 rings (SSSR count). The van der Waals surface area contributed by atoms with Crippen molar-refractivity contribution in [1.29, 1.82) is 0 Å². The molecule has 4 N–H and O–H groups in total. The second-order valence-corrected chi connectivity index (χ2v) is 29.5. The molecule has 5 aromatic carbocycles. The Labute approximate surface area is 502 Å². The summed E-state index contributed by atoms with van der Waals surface area (Å²) >= 11 is 7.73. The molecule has 0 aliphatic carbocycles. The van der Waals surface area contributed by atoms with E-state index in [2.05, 4.69) is 33.9 Å². The zero-order valence-corrected chi connectivity index (χ0v) is 52.7. The number of likely N-dealkylation sites (N-methyl/N-ethyl adjacent to an activating group) is 1. The molecule has 1 amide bonds. The Morgan fingerprint density at radius 3 is 2.06 bits per heavy atom. The fraction of sp³-hybridized carbons (Fsp3) is 0.483. The minimum atomic E-state index is -6.16. The van der Waals surface area contributed by atoms with Crippen LogP contribution in [0.4, 0.5) is 24.5 Å². The number of morpholine rings is 1. The van der Waals surface area contributed by atoms with Crippen molar-refractivity contribution < 1.29 is 63.2 Å². The number of phosphoric ester groups is 1. The van der Waals surface area contributed by atoms with Gasteiger partial charge in [0.05, 0.1) is 29.9 Å². The fourth-order valence-corrected chi connectivity index (χ4v) is 15.3. The Kier molecular flexibility index (Phi) is 22.0. The summed E-state index contributed by atoms with van der Waals surface area (Å²) in [6.07, 6.45) is 0.691. The van der Waals surface area contributed by atoms with E-state index in [9.17, 15) is 49.2 Å². The SMILES string of the molecule is CCN(CC)C[C@H]1COCCN1CC[C@H](CSc1ccccc1)Nc1ccc(S(=O)(=O)NC(=O)c2ccc(N3CCC([C@@H](OC(OP(=O)(O)O)(C(C)(C)C)C(C)(C)C)c4ccccc4-c4ccc(Cl)cc4)CC3)cc2)cc1S(=O)(=O)C(F)(F)F.